The Kier molecular flexibility index (Phi) is 4.99. The highest BCUT2D eigenvalue weighted by Crippen LogP contribution is 2.33. The first-order chi connectivity index (χ1) is 19.8. The van der Waals surface area contributed by atoms with Crippen LogP contribution in [0.15, 0.2) is 128 Å². The molecule has 0 aliphatic carbocycles. The number of nitrogens with zero attached hydrogens (tertiary/aromatic N) is 7. The third kappa shape index (κ3) is 3.56. The summed E-state index contributed by atoms with van der Waals surface area (Å²) in [5, 5.41) is 0. The van der Waals surface area contributed by atoms with Crippen LogP contribution in [0, 0.1) is 0 Å². The lowest BCUT2D eigenvalue weighted by molar-refractivity contribution is 0.930. The SMILES string of the molecule is c1ccc(-c2nc(-c3ccccc3)nc(-n3c(-c4ccccc4)nc4ccc5c(nc6ccccn65)c43)n2)cc1. The van der Waals surface area contributed by atoms with Gasteiger partial charge in [-0.15, -0.1) is 0 Å². The first-order valence-corrected chi connectivity index (χ1v) is 13.0. The number of benzene rings is 4. The lowest BCUT2D eigenvalue weighted by Crippen LogP contribution is -2.08. The number of hydrogen-bond donors (Lipinski definition) is 0. The second-order valence-corrected chi connectivity index (χ2v) is 9.49. The number of fused-ring (bicyclic) bond motifs is 5. The van der Waals surface area contributed by atoms with Crippen LogP contribution in [0.5, 0.6) is 0 Å². The van der Waals surface area contributed by atoms with Crippen molar-refractivity contribution in [3.05, 3.63) is 128 Å². The van der Waals surface area contributed by atoms with E-state index in [4.69, 9.17) is 24.9 Å². The Hall–Kier alpha value is -5.69. The van der Waals surface area contributed by atoms with Gasteiger partial charge in [0.1, 0.15) is 22.5 Å². The highest BCUT2D eigenvalue weighted by molar-refractivity contribution is 6.04. The molecule has 0 amide bonds. The summed E-state index contributed by atoms with van der Waals surface area (Å²) in [4.78, 5) is 25.1. The summed E-state index contributed by atoms with van der Waals surface area (Å²) in [5.41, 5.74) is 7.13. The fourth-order valence-corrected chi connectivity index (χ4v) is 5.16. The number of hydrogen-bond acceptors (Lipinski definition) is 5. The Morgan fingerprint density at radius 2 is 1.07 bits per heavy atom. The maximum atomic E-state index is 5.10. The monoisotopic (exact) mass is 515 g/mol. The minimum Gasteiger partial charge on any atom is -0.300 e. The quantitative estimate of drug-likeness (QED) is 0.252. The van der Waals surface area contributed by atoms with E-state index in [-0.39, 0.29) is 0 Å². The summed E-state index contributed by atoms with van der Waals surface area (Å²) < 4.78 is 4.12. The van der Waals surface area contributed by atoms with E-state index >= 15 is 0 Å². The molecule has 0 spiro atoms. The van der Waals surface area contributed by atoms with Crippen LogP contribution in [0.2, 0.25) is 0 Å². The van der Waals surface area contributed by atoms with Crippen LogP contribution < -0.4 is 0 Å². The van der Waals surface area contributed by atoms with Gasteiger partial charge < -0.3 is 0 Å². The van der Waals surface area contributed by atoms with Gasteiger partial charge in [0, 0.05) is 22.9 Å². The first kappa shape index (κ1) is 22.3. The van der Waals surface area contributed by atoms with Crippen LogP contribution in [0.3, 0.4) is 0 Å². The van der Waals surface area contributed by atoms with Gasteiger partial charge in [0.25, 0.3) is 0 Å². The zero-order valence-electron chi connectivity index (χ0n) is 21.3. The molecule has 0 atom stereocenters. The maximum Gasteiger partial charge on any atom is 0.240 e. The van der Waals surface area contributed by atoms with Crippen molar-refractivity contribution in [2.24, 2.45) is 0 Å². The molecule has 8 aromatic rings. The van der Waals surface area contributed by atoms with Gasteiger partial charge in [0.2, 0.25) is 5.95 Å². The number of imidazole rings is 2. The lowest BCUT2D eigenvalue weighted by atomic mass is 10.2. The summed E-state index contributed by atoms with van der Waals surface area (Å²) >= 11 is 0. The van der Waals surface area contributed by atoms with Gasteiger partial charge in [-0.25, -0.2) is 15.0 Å². The van der Waals surface area contributed by atoms with Crippen LogP contribution in [-0.2, 0) is 0 Å². The number of aromatic nitrogens is 7. The normalized spacial score (nSPS) is 11.5. The van der Waals surface area contributed by atoms with Crippen molar-refractivity contribution in [2.75, 3.05) is 0 Å². The summed E-state index contributed by atoms with van der Waals surface area (Å²) in [5.74, 6) is 2.41. The van der Waals surface area contributed by atoms with E-state index in [0.29, 0.717) is 17.6 Å². The highest BCUT2D eigenvalue weighted by atomic mass is 15.2. The fraction of sp³-hybridized carbons (Fsp3) is 0. The molecule has 0 radical (unpaired) electrons. The lowest BCUT2D eigenvalue weighted by Gasteiger charge is -2.12. The average molecular weight is 516 g/mol. The molecule has 4 heterocycles. The third-order valence-corrected chi connectivity index (χ3v) is 7.01. The second-order valence-electron chi connectivity index (χ2n) is 9.49. The Balaban J connectivity index is 1.51. The van der Waals surface area contributed by atoms with Crippen LogP contribution >= 0.6 is 0 Å². The molecular formula is C33H21N7. The molecule has 0 saturated carbocycles. The molecule has 7 heteroatoms. The minimum atomic E-state index is 0.485. The molecule has 0 unspecified atom stereocenters. The predicted molar refractivity (Wildman–Crippen MR) is 157 cm³/mol. The van der Waals surface area contributed by atoms with Crippen molar-refractivity contribution < 1.29 is 0 Å². The average Bonchev–Trinajstić information content (AvgIpc) is 3.61. The van der Waals surface area contributed by atoms with E-state index in [1.54, 1.807) is 0 Å². The number of pyridine rings is 1. The molecule has 4 aromatic carbocycles. The summed E-state index contributed by atoms with van der Waals surface area (Å²) in [6, 6.07) is 40.2. The standard InChI is InChI=1S/C33H21N7/c1-4-12-22(13-5-1)30-36-31(23-14-6-2-7-15-23)38-33(37-30)40-29-25(34-32(40)24-16-8-3-9-17-24)19-20-26-28(29)35-27-18-10-11-21-39(26)27/h1-21H. The molecule has 7 nitrogen and oxygen atoms in total. The van der Waals surface area contributed by atoms with Crippen molar-refractivity contribution in [2.45, 2.75) is 0 Å². The Morgan fingerprint density at radius 1 is 0.475 bits per heavy atom. The molecule has 8 rings (SSSR count). The van der Waals surface area contributed by atoms with E-state index < -0.39 is 0 Å². The van der Waals surface area contributed by atoms with Crippen LogP contribution in [-0.4, -0.2) is 33.9 Å². The molecule has 40 heavy (non-hydrogen) atoms. The zero-order chi connectivity index (χ0) is 26.5. The van der Waals surface area contributed by atoms with Crippen LogP contribution in [0.4, 0.5) is 0 Å². The predicted octanol–water partition coefficient (Wildman–Crippen LogP) is 7.01. The number of rotatable bonds is 4. The van der Waals surface area contributed by atoms with Gasteiger partial charge in [-0.3, -0.25) is 8.97 Å². The summed E-state index contributed by atoms with van der Waals surface area (Å²) in [6.07, 6.45) is 2.03. The molecule has 0 fully saturated rings. The maximum absolute atomic E-state index is 5.10. The smallest absolute Gasteiger partial charge is 0.240 e. The highest BCUT2D eigenvalue weighted by Gasteiger charge is 2.22. The molecular weight excluding hydrogens is 494 g/mol. The molecule has 4 aromatic heterocycles. The van der Waals surface area contributed by atoms with Gasteiger partial charge in [0.15, 0.2) is 11.6 Å². The van der Waals surface area contributed by atoms with Gasteiger partial charge in [-0.1, -0.05) is 97.1 Å². The second kappa shape index (κ2) is 8.96. The largest absolute Gasteiger partial charge is 0.300 e. The molecule has 0 aliphatic heterocycles. The Labute approximate surface area is 229 Å². The molecule has 188 valence electrons. The van der Waals surface area contributed by atoms with Crippen molar-refractivity contribution in [1.29, 1.82) is 0 Å². The van der Waals surface area contributed by atoms with Gasteiger partial charge in [-0.2, -0.15) is 9.97 Å². The van der Waals surface area contributed by atoms with Crippen molar-refractivity contribution in [3.63, 3.8) is 0 Å². The molecule has 0 aliphatic rings. The Morgan fingerprint density at radius 3 is 1.73 bits per heavy atom. The van der Waals surface area contributed by atoms with Crippen molar-refractivity contribution in [1.82, 2.24) is 33.9 Å². The van der Waals surface area contributed by atoms with Crippen LogP contribution in [0.1, 0.15) is 0 Å². The summed E-state index contributed by atoms with van der Waals surface area (Å²) in [6.45, 7) is 0. The Bertz CT molecular complexity index is 2090. The molecule has 0 bridgehead atoms. The molecule has 0 saturated heterocycles. The van der Waals surface area contributed by atoms with Crippen molar-refractivity contribution >= 4 is 27.7 Å². The van der Waals surface area contributed by atoms with Gasteiger partial charge >= 0.3 is 0 Å². The van der Waals surface area contributed by atoms with Gasteiger partial charge in [-0.05, 0) is 24.3 Å². The topological polar surface area (TPSA) is 73.8 Å². The third-order valence-electron chi connectivity index (χ3n) is 7.01. The van der Waals surface area contributed by atoms with E-state index in [1.165, 1.54) is 0 Å². The van der Waals surface area contributed by atoms with E-state index in [1.807, 2.05) is 114 Å². The van der Waals surface area contributed by atoms with Crippen LogP contribution in [0.25, 0.3) is 67.8 Å². The van der Waals surface area contributed by atoms with E-state index in [2.05, 4.69) is 22.6 Å². The zero-order valence-corrected chi connectivity index (χ0v) is 21.3. The van der Waals surface area contributed by atoms with Gasteiger partial charge in [0.05, 0.1) is 11.0 Å². The minimum absolute atomic E-state index is 0.485. The fourth-order valence-electron chi connectivity index (χ4n) is 5.16. The van der Waals surface area contributed by atoms with Crippen molar-refractivity contribution in [3.8, 4) is 40.1 Å². The van der Waals surface area contributed by atoms with E-state index in [9.17, 15) is 0 Å². The van der Waals surface area contributed by atoms with E-state index in [0.717, 1.165) is 50.2 Å². The molecule has 0 N–H and O–H groups in total. The summed E-state index contributed by atoms with van der Waals surface area (Å²) in [7, 11) is 0. The first-order valence-electron chi connectivity index (χ1n) is 13.0.